The van der Waals surface area contributed by atoms with Crippen molar-refractivity contribution in [2.75, 3.05) is 13.1 Å². The minimum atomic E-state index is 0.0705. The van der Waals surface area contributed by atoms with Gasteiger partial charge in [0, 0.05) is 25.2 Å². The summed E-state index contributed by atoms with van der Waals surface area (Å²) >= 11 is 0. The molecule has 0 saturated carbocycles. The summed E-state index contributed by atoms with van der Waals surface area (Å²) in [4.78, 5) is 14.8. The van der Waals surface area contributed by atoms with Crippen molar-refractivity contribution in [3.05, 3.63) is 45.2 Å². The minimum Gasteiger partial charge on any atom is -0.361 e. The Bertz CT molecular complexity index is 787. The van der Waals surface area contributed by atoms with Gasteiger partial charge >= 0.3 is 0 Å². The maximum Gasteiger partial charge on any atom is 0.267 e. The van der Waals surface area contributed by atoms with E-state index in [1.165, 1.54) is 18.4 Å². The van der Waals surface area contributed by atoms with Gasteiger partial charge in [0.1, 0.15) is 5.76 Å². The van der Waals surface area contributed by atoms with Crippen molar-refractivity contribution in [1.29, 1.82) is 0 Å². The molecule has 0 aromatic carbocycles. The van der Waals surface area contributed by atoms with E-state index in [1.54, 1.807) is 4.68 Å². The summed E-state index contributed by atoms with van der Waals surface area (Å²) in [5.74, 6) is 1.39. The SMILES string of the molecule is Cc1cc(CN2CCC(Cn3nc4c(cc3=O)CCCC4)CC2)no1. The Labute approximate surface area is 147 Å². The molecule has 25 heavy (non-hydrogen) atoms. The third kappa shape index (κ3) is 3.84. The van der Waals surface area contributed by atoms with Crippen molar-refractivity contribution in [1.82, 2.24) is 19.8 Å². The maximum atomic E-state index is 12.3. The summed E-state index contributed by atoms with van der Waals surface area (Å²) in [5, 5.41) is 8.74. The molecular formula is C19H26N4O2. The number of piperidine rings is 1. The van der Waals surface area contributed by atoms with Crippen LogP contribution in [0.3, 0.4) is 0 Å². The van der Waals surface area contributed by atoms with Gasteiger partial charge in [-0.15, -0.1) is 0 Å². The Kier molecular flexibility index (Phi) is 4.70. The van der Waals surface area contributed by atoms with E-state index in [9.17, 15) is 4.79 Å². The van der Waals surface area contributed by atoms with Gasteiger partial charge in [0.05, 0.1) is 11.4 Å². The number of likely N-dealkylation sites (tertiary alicyclic amines) is 1. The van der Waals surface area contributed by atoms with Crippen molar-refractivity contribution < 1.29 is 4.52 Å². The molecule has 0 radical (unpaired) electrons. The van der Waals surface area contributed by atoms with E-state index in [-0.39, 0.29) is 5.56 Å². The fraction of sp³-hybridized carbons (Fsp3) is 0.632. The second-order valence-electron chi connectivity index (χ2n) is 7.49. The van der Waals surface area contributed by atoms with Crippen molar-refractivity contribution in [3.63, 3.8) is 0 Å². The van der Waals surface area contributed by atoms with Gasteiger partial charge < -0.3 is 4.52 Å². The average molecular weight is 342 g/mol. The minimum absolute atomic E-state index is 0.0705. The quantitative estimate of drug-likeness (QED) is 0.853. The molecule has 1 saturated heterocycles. The molecule has 6 nitrogen and oxygen atoms in total. The normalized spacial score (nSPS) is 19.1. The van der Waals surface area contributed by atoms with Gasteiger partial charge in [-0.2, -0.15) is 5.10 Å². The van der Waals surface area contributed by atoms with Gasteiger partial charge in [0.15, 0.2) is 0 Å². The number of hydrogen-bond donors (Lipinski definition) is 0. The topological polar surface area (TPSA) is 64.2 Å². The largest absolute Gasteiger partial charge is 0.361 e. The molecule has 3 heterocycles. The molecule has 2 aromatic heterocycles. The Balaban J connectivity index is 1.35. The Morgan fingerprint density at radius 1 is 1.20 bits per heavy atom. The number of aromatic nitrogens is 3. The summed E-state index contributed by atoms with van der Waals surface area (Å²) < 4.78 is 6.86. The summed E-state index contributed by atoms with van der Waals surface area (Å²) in [5.41, 5.74) is 3.39. The molecule has 6 heteroatoms. The zero-order chi connectivity index (χ0) is 17.2. The number of rotatable bonds is 4. The van der Waals surface area contributed by atoms with E-state index in [4.69, 9.17) is 4.52 Å². The van der Waals surface area contributed by atoms with Crippen LogP contribution in [0.2, 0.25) is 0 Å². The zero-order valence-corrected chi connectivity index (χ0v) is 14.9. The predicted octanol–water partition coefficient (Wildman–Crippen LogP) is 2.33. The third-order valence-corrected chi connectivity index (χ3v) is 5.47. The molecule has 0 N–H and O–H groups in total. The molecule has 4 rings (SSSR count). The lowest BCUT2D eigenvalue weighted by Gasteiger charge is -2.31. The van der Waals surface area contributed by atoms with Crippen LogP contribution < -0.4 is 5.56 Å². The number of aryl methyl sites for hydroxylation is 3. The van der Waals surface area contributed by atoms with Crippen molar-refractivity contribution in [2.24, 2.45) is 5.92 Å². The van der Waals surface area contributed by atoms with E-state index in [0.717, 1.165) is 69.0 Å². The van der Waals surface area contributed by atoms with Crippen LogP contribution in [-0.2, 0) is 25.9 Å². The van der Waals surface area contributed by atoms with Gasteiger partial charge in [-0.1, -0.05) is 5.16 Å². The summed E-state index contributed by atoms with van der Waals surface area (Å²) in [7, 11) is 0. The van der Waals surface area contributed by atoms with Crippen molar-refractivity contribution >= 4 is 0 Å². The smallest absolute Gasteiger partial charge is 0.267 e. The van der Waals surface area contributed by atoms with Gasteiger partial charge in [0.25, 0.3) is 5.56 Å². The molecule has 134 valence electrons. The van der Waals surface area contributed by atoms with Crippen LogP contribution >= 0.6 is 0 Å². The van der Waals surface area contributed by atoms with Gasteiger partial charge in [-0.3, -0.25) is 9.69 Å². The van der Waals surface area contributed by atoms with Crippen molar-refractivity contribution in [3.8, 4) is 0 Å². The summed E-state index contributed by atoms with van der Waals surface area (Å²) in [6, 6.07) is 3.83. The number of nitrogens with zero attached hydrogens (tertiary/aromatic N) is 4. The van der Waals surface area contributed by atoms with E-state index in [1.807, 2.05) is 19.1 Å². The average Bonchev–Trinajstić information content (AvgIpc) is 3.02. The second-order valence-corrected chi connectivity index (χ2v) is 7.49. The molecule has 2 aliphatic rings. The predicted molar refractivity (Wildman–Crippen MR) is 94.4 cm³/mol. The fourth-order valence-corrected chi connectivity index (χ4v) is 4.03. The van der Waals surface area contributed by atoms with Crippen LogP contribution in [-0.4, -0.2) is 32.9 Å². The van der Waals surface area contributed by atoms with Crippen LogP contribution in [0.25, 0.3) is 0 Å². The first-order valence-corrected chi connectivity index (χ1v) is 9.42. The first-order valence-electron chi connectivity index (χ1n) is 9.42. The van der Waals surface area contributed by atoms with Gasteiger partial charge in [0.2, 0.25) is 0 Å². The highest BCUT2D eigenvalue weighted by molar-refractivity contribution is 5.20. The second kappa shape index (κ2) is 7.12. The standard InChI is InChI=1S/C19H26N4O2/c1-14-10-17(21-25-14)13-22-8-6-15(7-9-22)12-23-19(24)11-16-4-2-3-5-18(16)20-23/h10-11,15H,2-9,12-13H2,1H3. The zero-order valence-electron chi connectivity index (χ0n) is 14.9. The molecule has 0 atom stereocenters. The molecule has 0 amide bonds. The molecule has 0 unspecified atom stereocenters. The van der Waals surface area contributed by atoms with Crippen LogP contribution in [0.5, 0.6) is 0 Å². The van der Waals surface area contributed by atoms with Crippen molar-refractivity contribution in [2.45, 2.75) is 58.5 Å². The molecule has 1 aliphatic carbocycles. The molecular weight excluding hydrogens is 316 g/mol. The highest BCUT2D eigenvalue weighted by Gasteiger charge is 2.22. The Morgan fingerprint density at radius 2 is 2.00 bits per heavy atom. The Morgan fingerprint density at radius 3 is 2.76 bits per heavy atom. The number of hydrogen-bond acceptors (Lipinski definition) is 5. The molecule has 2 aromatic rings. The molecule has 1 fully saturated rings. The number of fused-ring (bicyclic) bond motifs is 1. The van der Waals surface area contributed by atoms with E-state index in [0.29, 0.717) is 5.92 Å². The highest BCUT2D eigenvalue weighted by Crippen LogP contribution is 2.21. The lowest BCUT2D eigenvalue weighted by atomic mass is 9.95. The van der Waals surface area contributed by atoms with Crippen LogP contribution in [0.15, 0.2) is 21.5 Å². The lowest BCUT2D eigenvalue weighted by molar-refractivity contribution is 0.160. The highest BCUT2D eigenvalue weighted by atomic mass is 16.5. The van der Waals surface area contributed by atoms with Crippen LogP contribution in [0.4, 0.5) is 0 Å². The molecule has 0 spiro atoms. The van der Waals surface area contributed by atoms with E-state index < -0.39 is 0 Å². The van der Waals surface area contributed by atoms with Crippen LogP contribution in [0.1, 0.15) is 48.4 Å². The summed E-state index contributed by atoms with van der Waals surface area (Å²) in [6.45, 7) is 5.60. The monoisotopic (exact) mass is 342 g/mol. The fourth-order valence-electron chi connectivity index (χ4n) is 4.03. The van der Waals surface area contributed by atoms with Gasteiger partial charge in [-0.05, 0) is 70.0 Å². The lowest BCUT2D eigenvalue weighted by Crippen LogP contribution is -2.37. The van der Waals surface area contributed by atoms with E-state index >= 15 is 0 Å². The third-order valence-electron chi connectivity index (χ3n) is 5.47. The first kappa shape index (κ1) is 16.5. The molecule has 0 bridgehead atoms. The van der Waals surface area contributed by atoms with E-state index in [2.05, 4.69) is 15.2 Å². The van der Waals surface area contributed by atoms with Gasteiger partial charge in [-0.25, -0.2) is 4.68 Å². The molecule has 1 aliphatic heterocycles. The Hall–Kier alpha value is -1.95. The maximum absolute atomic E-state index is 12.3. The van der Waals surface area contributed by atoms with Crippen LogP contribution in [0, 0.1) is 12.8 Å². The first-order chi connectivity index (χ1) is 12.2. The summed E-state index contributed by atoms with van der Waals surface area (Å²) in [6.07, 6.45) is 6.60.